The van der Waals surface area contributed by atoms with Crippen molar-refractivity contribution in [3.8, 4) is 5.69 Å². The Bertz CT molecular complexity index is 1020. The molecule has 31 heavy (non-hydrogen) atoms. The minimum absolute atomic E-state index is 0.154. The van der Waals surface area contributed by atoms with Crippen LogP contribution in [0.2, 0.25) is 0 Å². The third kappa shape index (κ3) is 4.38. The molecular weight excluding hydrogens is 390 g/mol. The average Bonchev–Trinajstić information content (AvgIpc) is 3.23. The first-order valence-corrected chi connectivity index (χ1v) is 11.3. The van der Waals surface area contributed by atoms with E-state index in [-0.39, 0.29) is 5.92 Å². The first kappa shape index (κ1) is 21.2. The molecule has 0 radical (unpaired) electrons. The fourth-order valence-corrected chi connectivity index (χ4v) is 4.31. The Morgan fingerprint density at radius 1 is 1.00 bits per heavy atom. The summed E-state index contributed by atoms with van der Waals surface area (Å²) in [4.78, 5) is 26.1. The SMILES string of the molecule is CCCC(CCC)C(=O)N1CCN(c2ncnc3c2nnn3-c2ccc(C)cc2)CC1. The number of aromatic nitrogens is 5. The molecule has 0 aliphatic carbocycles. The Morgan fingerprint density at radius 2 is 1.68 bits per heavy atom. The van der Waals surface area contributed by atoms with Gasteiger partial charge in [-0.25, -0.2) is 9.97 Å². The average molecular weight is 422 g/mol. The number of fused-ring (bicyclic) bond motifs is 1. The van der Waals surface area contributed by atoms with Crippen LogP contribution < -0.4 is 4.90 Å². The molecule has 0 unspecified atom stereocenters. The maximum atomic E-state index is 13.0. The van der Waals surface area contributed by atoms with Gasteiger partial charge in [-0.3, -0.25) is 4.79 Å². The Balaban J connectivity index is 1.51. The summed E-state index contributed by atoms with van der Waals surface area (Å²) in [5.41, 5.74) is 3.50. The van der Waals surface area contributed by atoms with Crippen LogP contribution in [0.3, 0.4) is 0 Å². The van der Waals surface area contributed by atoms with Crippen molar-refractivity contribution < 1.29 is 4.79 Å². The van der Waals surface area contributed by atoms with Crippen molar-refractivity contribution in [3.05, 3.63) is 36.2 Å². The van der Waals surface area contributed by atoms with Crippen LogP contribution >= 0.6 is 0 Å². The normalized spacial score (nSPS) is 14.6. The smallest absolute Gasteiger partial charge is 0.225 e. The number of carbonyl (C=O) groups excluding carboxylic acids is 1. The molecule has 0 bridgehead atoms. The van der Waals surface area contributed by atoms with E-state index in [0.717, 1.165) is 50.3 Å². The molecule has 0 N–H and O–H groups in total. The standard InChI is InChI=1S/C23H31N7O/c1-4-6-18(7-5-2)23(31)29-14-12-28(13-15-29)21-20-22(25-16-24-21)30(27-26-20)19-10-8-17(3)9-11-19/h8-11,16,18H,4-7,12-15H2,1-3H3. The van der Waals surface area contributed by atoms with Gasteiger partial charge in [0.15, 0.2) is 17.0 Å². The number of anilines is 1. The van der Waals surface area contributed by atoms with Gasteiger partial charge in [0.2, 0.25) is 5.91 Å². The molecule has 0 atom stereocenters. The molecule has 8 heteroatoms. The van der Waals surface area contributed by atoms with Gasteiger partial charge in [0, 0.05) is 32.1 Å². The van der Waals surface area contributed by atoms with Gasteiger partial charge < -0.3 is 9.80 Å². The molecule has 1 aliphatic rings. The van der Waals surface area contributed by atoms with Crippen molar-refractivity contribution >= 4 is 22.9 Å². The molecule has 1 saturated heterocycles. The van der Waals surface area contributed by atoms with Crippen molar-refractivity contribution in [1.82, 2.24) is 29.9 Å². The number of piperazine rings is 1. The van der Waals surface area contributed by atoms with Gasteiger partial charge in [-0.15, -0.1) is 5.10 Å². The van der Waals surface area contributed by atoms with Crippen LogP contribution in [0.4, 0.5) is 5.82 Å². The number of benzene rings is 1. The zero-order valence-electron chi connectivity index (χ0n) is 18.7. The lowest BCUT2D eigenvalue weighted by Gasteiger charge is -2.37. The molecule has 3 aromatic rings. The molecule has 1 fully saturated rings. The van der Waals surface area contributed by atoms with Crippen molar-refractivity contribution in [2.45, 2.75) is 46.5 Å². The lowest BCUT2D eigenvalue weighted by Crippen LogP contribution is -2.50. The number of carbonyl (C=O) groups is 1. The van der Waals surface area contributed by atoms with Gasteiger partial charge in [0.25, 0.3) is 0 Å². The predicted octanol–water partition coefficient (Wildman–Crippen LogP) is 3.38. The number of aryl methyl sites for hydroxylation is 1. The van der Waals surface area contributed by atoms with E-state index >= 15 is 0 Å². The van der Waals surface area contributed by atoms with Crippen LogP contribution in [0, 0.1) is 12.8 Å². The summed E-state index contributed by atoms with van der Waals surface area (Å²) in [7, 11) is 0. The Morgan fingerprint density at radius 3 is 2.32 bits per heavy atom. The molecule has 2 aromatic heterocycles. The number of amides is 1. The van der Waals surface area contributed by atoms with Crippen molar-refractivity contribution in [2.24, 2.45) is 5.92 Å². The summed E-state index contributed by atoms with van der Waals surface area (Å²) in [5, 5.41) is 8.72. The van der Waals surface area contributed by atoms with Gasteiger partial charge in [-0.1, -0.05) is 49.6 Å². The predicted molar refractivity (Wildman–Crippen MR) is 121 cm³/mol. The maximum absolute atomic E-state index is 13.0. The highest BCUT2D eigenvalue weighted by Gasteiger charge is 2.28. The summed E-state index contributed by atoms with van der Waals surface area (Å²) in [6, 6.07) is 8.12. The van der Waals surface area contributed by atoms with E-state index in [1.165, 1.54) is 5.56 Å². The fourth-order valence-electron chi connectivity index (χ4n) is 4.31. The summed E-state index contributed by atoms with van der Waals surface area (Å²) in [5.74, 6) is 1.25. The summed E-state index contributed by atoms with van der Waals surface area (Å²) in [6.07, 6.45) is 5.61. The Kier molecular flexibility index (Phi) is 6.44. The van der Waals surface area contributed by atoms with E-state index in [0.29, 0.717) is 30.2 Å². The highest BCUT2D eigenvalue weighted by molar-refractivity contribution is 5.84. The maximum Gasteiger partial charge on any atom is 0.225 e. The minimum Gasteiger partial charge on any atom is -0.351 e. The van der Waals surface area contributed by atoms with Crippen molar-refractivity contribution in [2.75, 3.05) is 31.1 Å². The molecular formula is C23H31N7O. The van der Waals surface area contributed by atoms with E-state index in [4.69, 9.17) is 0 Å². The first-order valence-electron chi connectivity index (χ1n) is 11.3. The Labute approximate surface area is 183 Å². The molecule has 4 rings (SSSR count). The van der Waals surface area contributed by atoms with Gasteiger partial charge in [-0.05, 0) is 31.9 Å². The first-order chi connectivity index (χ1) is 15.1. The molecule has 1 aromatic carbocycles. The molecule has 0 spiro atoms. The van der Waals surface area contributed by atoms with Crippen LogP contribution in [0.15, 0.2) is 30.6 Å². The number of nitrogens with zero attached hydrogens (tertiary/aromatic N) is 7. The summed E-state index contributed by atoms with van der Waals surface area (Å²) >= 11 is 0. The van der Waals surface area contributed by atoms with Gasteiger partial charge >= 0.3 is 0 Å². The monoisotopic (exact) mass is 421 g/mol. The van der Waals surface area contributed by atoms with E-state index in [1.807, 2.05) is 29.2 Å². The van der Waals surface area contributed by atoms with Gasteiger partial charge in [0.05, 0.1) is 5.69 Å². The Hall–Kier alpha value is -3.03. The highest BCUT2D eigenvalue weighted by Crippen LogP contribution is 2.25. The topological polar surface area (TPSA) is 80.0 Å². The molecule has 1 aliphatic heterocycles. The minimum atomic E-state index is 0.154. The van der Waals surface area contributed by atoms with Crippen LogP contribution in [-0.4, -0.2) is 61.9 Å². The zero-order valence-corrected chi connectivity index (χ0v) is 18.7. The number of hydrogen-bond donors (Lipinski definition) is 0. The summed E-state index contributed by atoms with van der Waals surface area (Å²) in [6.45, 7) is 9.25. The molecule has 3 heterocycles. The second-order valence-electron chi connectivity index (χ2n) is 8.29. The third-order valence-corrected chi connectivity index (χ3v) is 6.01. The molecule has 0 saturated carbocycles. The van der Waals surface area contributed by atoms with Crippen molar-refractivity contribution in [3.63, 3.8) is 0 Å². The molecule has 1 amide bonds. The molecule has 8 nitrogen and oxygen atoms in total. The van der Waals surface area contributed by atoms with Crippen LogP contribution in [0.25, 0.3) is 16.9 Å². The van der Waals surface area contributed by atoms with E-state index < -0.39 is 0 Å². The second-order valence-corrected chi connectivity index (χ2v) is 8.29. The molecule has 164 valence electrons. The van der Waals surface area contributed by atoms with E-state index in [2.05, 4.69) is 46.0 Å². The lowest BCUT2D eigenvalue weighted by molar-refractivity contribution is -0.136. The van der Waals surface area contributed by atoms with E-state index in [1.54, 1.807) is 11.0 Å². The van der Waals surface area contributed by atoms with Crippen LogP contribution in [0.1, 0.15) is 45.1 Å². The lowest BCUT2D eigenvalue weighted by atomic mass is 9.96. The summed E-state index contributed by atoms with van der Waals surface area (Å²) < 4.78 is 1.75. The zero-order chi connectivity index (χ0) is 21.8. The largest absolute Gasteiger partial charge is 0.351 e. The fraction of sp³-hybridized carbons (Fsp3) is 0.522. The van der Waals surface area contributed by atoms with Gasteiger partial charge in [0.1, 0.15) is 6.33 Å². The number of hydrogen-bond acceptors (Lipinski definition) is 6. The highest BCUT2D eigenvalue weighted by atomic mass is 16.2. The number of rotatable bonds is 7. The van der Waals surface area contributed by atoms with E-state index in [9.17, 15) is 4.79 Å². The van der Waals surface area contributed by atoms with Crippen LogP contribution in [0.5, 0.6) is 0 Å². The second kappa shape index (κ2) is 9.41. The van der Waals surface area contributed by atoms with Crippen LogP contribution in [-0.2, 0) is 4.79 Å². The van der Waals surface area contributed by atoms with Crippen molar-refractivity contribution in [1.29, 1.82) is 0 Å². The van der Waals surface area contributed by atoms with Gasteiger partial charge in [-0.2, -0.15) is 4.68 Å². The quantitative estimate of drug-likeness (QED) is 0.582. The third-order valence-electron chi connectivity index (χ3n) is 6.01.